The van der Waals surface area contributed by atoms with Crippen molar-refractivity contribution in [1.82, 2.24) is 24.5 Å². The lowest BCUT2D eigenvalue weighted by Gasteiger charge is -2.32. The molecule has 3 aromatic heterocycles. The molecule has 0 saturated carbocycles. The third kappa shape index (κ3) is 2.73. The van der Waals surface area contributed by atoms with Crippen LogP contribution in [0.1, 0.15) is 34.8 Å². The molecule has 1 saturated heterocycles. The van der Waals surface area contributed by atoms with Crippen LogP contribution in [0.2, 0.25) is 0 Å². The second kappa shape index (κ2) is 6.46. The molecule has 0 radical (unpaired) electrons. The number of pyridine rings is 1. The minimum atomic E-state index is 0.0889. The molecule has 0 spiro atoms. The average molecular weight is 357 g/mol. The number of benzene rings is 1. The maximum absolute atomic E-state index is 13.1. The van der Waals surface area contributed by atoms with Gasteiger partial charge in [0, 0.05) is 54.1 Å². The van der Waals surface area contributed by atoms with Crippen LogP contribution in [0, 0.1) is 0 Å². The lowest BCUT2D eigenvalue weighted by atomic mass is 9.92. The Bertz CT molecular complexity index is 1120. The monoisotopic (exact) mass is 357 g/mol. The molecule has 5 rings (SSSR count). The molecule has 0 N–H and O–H groups in total. The van der Waals surface area contributed by atoms with E-state index in [4.69, 9.17) is 0 Å². The Hall–Kier alpha value is -3.28. The number of nitrogens with zero attached hydrogens (tertiary/aromatic N) is 5. The van der Waals surface area contributed by atoms with Crippen molar-refractivity contribution in [3.63, 3.8) is 0 Å². The largest absolute Gasteiger partial charge is 0.339 e. The Kier molecular flexibility index (Phi) is 3.81. The van der Waals surface area contributed by atoms with Gasteiger partial charge in [-0.1, -0.05) is 12.1 Å². The summed E-state index contributed by atoms with van der Waals surface area (Å²) in [5.74, 6) is 0.472. The van der Waals surface area contributed by atoms with Gasteiger partial charge in [-0.15, -0.1) is 0 Å². The van der Waals surface area contributed by atoms with Crippen LogP contribution >= 0.6 is 0 Å². The van der Waals surface area contributed by atoms with Crippen LogP contribution in [0.3, 0.4) is 0 Å². The number of amides is 1. The minimum absolute atomic E-state index is 0.0889. The third-order valence-electron chi connectivity index (χ3n) is 5.40. The number of likely N-dealkylation sites (tertiary alicyclic amines) is 1. The molecule has 1 fully saturated rings. The van der Waals surface area contributed by atoms with Crippen LogP contribution < -0.4 is 0 Å². The van der Waals surface area contributed by atoms with E-state index in [1.807, 2.05) is 58.1 Å². The maximum Gasteiger partial charge on any atom is 0.254 e. The number of piperidine rings is 1. The van der Waals surface area contributed by atoms with Crippen molar-refractivity contribution in [3.8, 4) is 0 Å². The van der Waals surface area contributed by atoms with Crippen molar-refractivity contribution in [1.29, 1.82) is 0 Å². The molecule has 4 aromatic rings. The highest BCUT2D eigenvalue weighted by Gasteiger charge is 2.27. The van der Waals surface area contributed by atoms with Crippen LogP contribution in [0.25, 0.3) is 16.6 Å². The van der Waals surface area contributed by atoms with Crippen LogP contribution in [0.4, 0.5) is 0 Å². The summed E-state index contributed by atoms with van der Waals surface area (Å²) in [4.78, 5) is 23.8. The van der Waals surface area contributed by atoms with Gasteiger partial charge in [-0.05, 0) is 37.1 Å². The standard InChI is InChI=1S/C21H19N5O/c27-21(17-3-1-5-18-16(17)4-2-10-22-18)25-13-8-15(9-14-25)19-6-11-23-20-7-12-24-26(19)20/h1-7,10-12,15H,8-9,13-14H2. The zero-order valence-corrected chi connectivity index (χ0v) is 14.8. The zero-order chi connectivity index (χ0) is 18.2. The fourth-order valence-corrected chi connectivity index (χ4v) is 4.00. The number of rotatable bonds is 2. The number of hydrogen-bond donors (Lipinski definition) is 0. The molecule has 27 heavy (non-hydrogen) atoms. The molecule has 1 aliphatic heterocycles. The lowest BCUT2D eigenvalue weighted by molar-refractivity contribution is 0.0713. The van der Waals surface area contributed by atoms with Gasteiger partial charge in [0.15, 0.2) is 5.65 Å². The SMILES string of the molecule is O=C(c1cccc2ncccc12)N1CCC(c2ccnc3ccnn23)CC1. The van der Waals surface area contributed by atoms with Gasteiger partial charge in [0.2, 0.25) is 0 Å². The van der Waals surface area contributed by atoms with Gasteiger partial charge >= 0.3 is 0 Å². The summed E-state index contributed by atoms with van der Waals surface area (Å²) < 4.78 is 1.92. The minimum Gasteiger partial charge on any atom is -0.339 e. The first-order valence-electron chi connectivity index (χ1n) is 9.23. The van der Waals surface area contributed by atoms with E-state index < -0.39 is 0 Å². The second-order valence-corrected chi connectivity index (χ2v) is 6.91. The van der Waals surface area contributed by atoms with Crippen LogP contribution in [-0.4, -0.2) is 43.5 Å². The molecule has 0 atom stereocenters. The van der Waals surface area contributed by atoms with Gasteiger partial charge in [-0.2, -0.15) is 5.10 Å². The van der Waals surface area contributed by atoms with Crippen molar-refractivity contribution in [3.05, 3.63) is 72.3 Å². The Balaban J connectivity index is 1.37. The number of aromatic nitrogens is 4. The molecule has 6 nitrogen and oxygen atoms in total. The van der Waals surface area contributed by atoms with E-state index >= 15 is 0 Å². The van der Waals surface area contributed by atoms with Crippen molar-refractivity contribution in [2.24, 2.45) is 0 Å². The summed E-state index contributed by atoms with van der Waals surface area (Å²) in [7, 11) is 0. The van der Waals surface area contributed by atoms with Crippen LogP contribution in [0.5, 0.6) is 0 Å². The molecule has 1 aliphatic rings. The summed E-state index contributed by atoms with van der Waals surface area (Å²) in [6, 6.07) is 13.5. The molecule has 6 heteroatoms. The van der Waals surface area contributed by atoms with Crippen molar-refractivity contribution in [2.75, 3.05) is 13.1 Å². The molecule has 0 aliphatic carbocycles. The van der Waals surface area contributed by atoms with Gasteiger partial charge in [0.1, 0.15) is 0 Å². The van der Waals surface area contributed by atoms with Crippen molar-refractivity contribution >= 4 is 22.5 Å². The second-order valence-electron chi connectivity index (χ2n) is 6.91. The normalized spacial score (nSPS) is 15.5. The Morgan fingerprint density at radius 3 is 2.70 bits per heavy atom. The maximum atomic E-state index is 13.1. The van der Waals surface area contributed by atoms with Crippen LogP contribution in [0.15, 0.2) is 61.1 Å². The molecule has 134 valence electrons. The molecule has 1 amide bonds. The highest BCUT2D eigenvalue weighted by molar-refractivity contribution is 6.06. The summed E-state index contributed by atoms with van der Waals surface area (Å²) in [6.45, 7) is 1.48. The average Bonchev–Trinajstić information content (AvgIpc) is 3.22. The number of carbonyl (C=O) groups is 1. The topological polar surface area (TPSA) is 63.4 Å². The molecular formula is C21H19N5O. The first-order chi connectivity index (χ1) is 13.3. The number of carbonyl (C=O) groups excluding carboxylic acids is 1. The van der Waals surface area contributed by atoms with Gasteiger partial charge in [0.25, 0.3) is 5.91 Å². The number of hydrogen-bond acceptors (Lipinski definition) is 4. The molecular weight excluding hydrogens is 338 g/mol. The van der Waals surface area contributed by atoms with E-state index in [0.717, 1.165) is 48.0 Å². The summed E-state index contributed by atoms with van der Waals surface area (Å²) in [5.41, 5.74) is 3.63. The fraction of sp³-hybridized carbons (Fsp3) is 0.238. The summed E-state index contributed by atoms with van der Waals surface area (Å²) in [5, 5.41) is 5.31. The van der Waals surface area contributed by atoms with E-state index in [1.165, 1.54) is 5.69 Å². The predicted octanol–water partition coefficient (Wildman–Crippen LogP) is 3.30. The number of fused-ring (bicyclic) bond motifs is 2. The smallest absolute Gasteiger partial charge is 0.254 e. The van der Waals surface area contributed by atoms with E-state index in [2.05, 4.69) is 15.1 Å². The van der Waals surface area contributed by atoms with E-state index in [0.29, 0.717) is 5.92 Å². The summed E-state index contributed by atoms with van der Waals surface area (Å²) in [6.07, 6.45) is 7.22. The van der Waals surface area contributed by atoms with E-state index in [9.17, 15) is 4.79 Å². The van der Waals surface area contributed by atoms with Gasteiger partial charge in [-0.25, -0.2) is 9.50 Å². The molecule has 4 heterocycles. The first-order valence-corrected chi connectivity index (χ1v) is 9.23. The molecule has 0 bridgehead atoms. The quantitative estimate of drug-likeness (QED) is 0.552. The fourth-order valence-electron chi connectivity index (χ4n) is 4.00. The van der Waals surface area contributed by atoms with Gasteiger partial charge < -0.3 is 4.90 Å². The van der Waals surface area contributed by atoms with E-state index in [-0.39, 0.29) is 5.91 Å². The third-order valence-corrected chi connectivity index (χ3v) is 5.40. The Morgan fingerprint density at radius 2 is 1.81 bits per heavy atom. The zero-order valence-electron chi connectivity index (χ0n) is 14.8. The summed E-state index contributed by atoms with van der Waals surface area (Å²) >= 11 is 0. The predicted molar refractivity (Wildman–Crippen MR) is 103 cm³/mol. The highest BCUT2D eigenvalue weighted by atomic mass is 16.2. The Morgan fingerprint density at radius 1 is 0.926 bits per heavy atom. The highest BCUT2D eigenvalue weighted by Crippen LogP contribution is 2.29. The van der Waals surface area contributed by atoms with E-state index in [1.54, 1.807) is 12.4 Å². The van der Waals surface area contributed by atoms with Gasteiger partial charge in [-0.3, -0.25) is 9.78 Å². The van der Waals surface area contributed by atoms with Crippen molar-refractivity contribution in [2.45, 2.75) is 18.8 Å². The molecule has 1 aromatic carbocycles. The van der Waals surface area contributed by atoms with Crippen LogP contribution in [-0.2, 0) is 0 Å². The van der Waals surface area contributed by atoms with Crippen molar-refractivity contribution < 1.29 is 4.79 Å². The molecule has 0 unspecified atom stereocenters. The Labute approximate surface area is 156 Å². The lowest BCUT2D eigenvalue weighted by Crippen LogP contribution is -2.38. The first kappa shape index (κ1) is 15.9. The van der Waals surface area contributed by atoms with Gasteiger partial charge in [0.05, 0.1) is 11.7 Å².